The summed E-state index contributed by atoms with van der Waals surface area (Å²) < 4.78 is 6.05. The average Bonchev–Trinajstić information content (AvgIpc) is 2.06. The molecule has 1 heteroatoms. The Morgan fingerprint density at radius 3 is 2.06 bits per heavy atom. The SMILES string of the molecule is CC(C)/C=C/CCCCC(C)(C)OC(C)(C)C. The smallest absolute Gasteiger partial charge is 0.0633 e. The van der Waals surface area contributed by atoms with Crippen molar-refractivity contribution in [2.45, 2.75) is 85.4 Å². The van der Waals surface area contributed by atoms with Crippen molar-refractivity contribution in [2.75, 3.05) is 0 Å². The lowest BCUT2D eigenvalue weighted by Gasteiger charge is -2.33. The second kappa shape index (κ2) is 7.20. The van der Waals surface area contributed by atoms with Crippen molar-refractivity contribution >= 4 is 0 Å². The molecule has 0 aromatic rings. The van der Waals surface area contributed by atoms with Crippen LogP contribution in [0.1, 0.15) is 74.1 Å². The van der Waals surface area contributed by atoms with Gasteiger partial charge >= 0.3 is 0 Å². The number of allylic oxidation sites excluding steroid dienone is 2. The molecule has 0 N–H and O–H groups in total. The van der Waals surface area contributed by atoms with Gasteiger partial charge in [-0.05, 0) is 59.8 Å². The molecule has 0 aliphatic rings. The van der Waals surface area contributed by atoms with Gasteiger partial charge in [0, 0.05) is 0 Å². The van der Waals surface area contributed by atoms with E-state index in [1.165, 1.54) is 19.3 Å². The number of hydrogen-bond acceptors (Lipinski definition) is 1. The van der Waals surface area contributed by atoms with Gasteiger partial charge in [-0.1, -0.05) is 32.4 Å². The molecule has 0 aromatic carbocycles. The molecule has 0 bridgehead atoms. The van der Waals surface area contributed by atoms with E-state index in [0.29, 0.717) is 5.92 Å². The zero-order valence-corrected chi connectivity index (χ0v) is 13.0. The van der Waals surface area contributed by atoms with E-state index in [0.717, 1.165) is 6.42 Å². The Bertz CT molecular complexity index is 218. The van der Waals surface area contributed by atoms with Gasteiger partial charge in [0.25, 0.3) is 0 Å². The Balaban J connectivity index is 3.73. The molecular weight excluding hydrogens is 208 g/mol. The summed E-state index contributed by atoms with van der Waals surface area (Å²) >= 11 is 0. The molecule has 0 rings (SSSR count). The molecule has 0 amide bonds. The van der Waals surface area contributed by atoms with Crippen LogP contribution in [-0.4, -0.2) is 11.2 Å². The molecule has 0 saturated heterocycles. The molecule has 0 aliphatic heterocycles. The summed E-state index contributed by atoms with van der Waals surface area (Å²) in [6.45, 7) is 15.2. The average molecular weight is 240 g/mol. The van der Waals surface area contributed by atoms with Gasteiger partial charge in [0.1, 0.15) is 0 Å². The predicted molar refractivity (Wildman–Crippen MR) is 77.4 cm³/mol. The van der Waals surface area contributed by atoms with Crippen LogP contribution in [0, 0.1) is 5.92 Å². The predicted octanol–water partition coefficient (Wildman–Crippen LogP) is 5.35. The van der Waals surface area contributed by atoms with Crippen molar-refractivity contribution in [3.05, 3.63) is 12.2 Å². The Kier molecular flexibility index (Phi) is 7.08. The highest BCUT2D eigenvalue weighted by molar-refractivity contribution is 4.84. The van der Waals surface area contributed by atoms with E-state index in [2.05, 4.69) is 60.6 Å². The highest BCUT2D eigenvalue weighted by Crippen LogP contribution is 2.25. The molecule has 0 radical (unpaired) electrons. The molecule has 0 spiro atoms. The van der Waals surface area contributed by atoms with Gasteiger partial charge in [-0.3, -0.25) is 0 Å². The van der Waals surface area contributed by atoms with Crippen molar-refractivity contribution in [1.29, 1.82) is 0 Å². The first-order chi connectivity index (χ1) is 7.62. The van der Waals surface area contributed by atoms with Crippen molar-refractivity contribution in [1.82, 2.24) is 0 Å². The number of ether oxygens (including phenoxy) is 1. The summed E-state index contributed by atoms with van der Waals surface area (Å²) in [6.07, 6.45) is 9.44. The summed E-state index contributed by atoms with van der Waals surface area (Å²) in [6, 6.07) is 0. The minimum atomic E-state index is -0.0406. The van der Waals surface area contributed by atoms with Crippen LogP contribution in [-0.2, 0) is 4.74 Å². The summed E-state index contributed by atoms with van der Waals surface area (Å²) in [4.78, 5) is 0. The van der Waals surface area contributed by atoms with Gasteiger partial charge in [-0.15, -0.1) is 0 Å². The third-order valence-corrected chi connectivity index (χ3v) is 2.50. The lowest BCUT2D eigenvalue weighted by Crippen LogP contribution is -2.34. The van der Waals surface area contributed by atoms with Gasteiger partial charge in [0.15, 0.2) is 0 Å². The topological polar surface area (TPSA) is 9.23 Å². The third kappa shape index (κ3) is 12.0. The van der Waals surface area contributed by atoms with Crippen LogP contribution in [0.5, 0.6) is 0 Å². The monoisotopic (exact) mass is 240 g/mol. The van der Waals surface area contributed by atoms with Crippen molar-refractivity contribution in [2.24, 2.45) is 5.92 Å². The molecule has 102 valence electrons. The van der Waals surface area contributed by atoms with Crippen LogP contribution in [0.3, 0.4) is 0 Å². The highest BCUT2D eigenvalue weighted by atomic mass is 16.5. The Morgan fingerprint density at radius 2 is 1.59 bits per heavy atom. The quantitative estimate of drug-likeness (QED) is 0.430. The Labute approximate surface area is 109 Å². The maximum absolute atomic E-state index is 6.05. The number of rotatable bonds is 7. The molecule has 0 aliphatic carbocycles. The molecule has 0 heterocycles. The fourth-order valence-electron chi connectivity index (χ4n) is 2.06. The first-order valence-electron chi connectivity index (χ1n) is 6.99. The molecule has 0 aromatic heterocycles. The van der Waals surface area contributed by atoms with E-state index in [-0.39, 0.29) is 11.2 Å². The highest BCUT2D eigenvalue weighted by Gasteiger charge is 2.24. The van der Waals surface area contributed by atoms with Gasteiger partial charge < -0.3 is 4.74 Å². The molecule has 17 heavy (non-hydrogen) atoms. The molecule has 0 atom stereocenters. The van der Waals surface area contributed by atoms with Gasteiger partial charge in [-0.2, -0.15) is 0 Å². The lowest BCUT2D eigenvalue weighted by atomic mass is 9.98. The third-order valence-electron chi connectivity index (χ3n) is 2.50. The first kappa shape index (κ1) is 16.7. The van der Waals surface area contributed by atoms with E-state index in [4.69, 9.17) is 4.74 Å². The first-order valence-corrected chi connectivity index (χ1v) is 6.99. The summed E-state index contributed by atoms with van der Waals surface area (Å²) in [5.74, 6) is 0.677. The molecule has 0 unspecified atom stereocenters. The molecule has 1 nitrogen and oxygen atoms in total. The van der Waals surface area contributed by atoms with E-state index in [1.54, 1.807) is 0 Å². The maximum atomic E-state index is 6.05. The molecule has 0 fully saturated rings. The zero-order valence-electron chi connectivity index (χ0n) is 13.0. The fourth-order valence-corrected chi connectivity index (χ4v) is 2.06. The van der Waals surface area contributed by atoms with Crippen LogP contribution in [0.4, 0.5) is 0 Å². The molecular formula is C16H32O. The Hall–Kier alpha value is -0.300. The number of unbranched alkanes of at least 4 members (excludes halogenated alkanes) is 2. The standard InChI is InChI=1S/C16H32O/c1-14(2)12-10-8-9-11-13-16(6,7)17-15(3,4)5/h10,12,14H,8-9,11,13H2,1-7H3/b12-10+. The second-order valence-corrected chi connectivity index (χ2v) is 6.89. The van der Waals surface area contributed by atoms with Crippen molar-refractivity contribution < 1.29 is 4.74 Å². The van der Waals surface area contributed by atoms with Crippen LogP contribution in [0.15, 0.2) is 12.2 Å². The molecule has 0 saturated carbocycles. The minimum Gasteiger partial charge on any atom is -0.370 e. The van der Waals surface area contributed by atoms with Crippen molar-refractivity contribution in [3.8, 4) is 0 Å². The van der Waals surface area contributed by atoms with Gasteiger partial charge in [-0.25, -0.2) is 0 Å². The number of hydrogen-bond donors (Lipinski definition) is 0. The normalized spacial score (nSPS) is 13.9. The lowest BCUT2D eigenvalue weighted by molar-refractivity contribution is -0.116. The Morgan fingerprint density at radius 1 is 1.00 bits per heavy atom. The zero-order chi connectivity index (χ0) is 13.5. The van der Waals surface area contributed by atoms with Crippen LogP contribution < -0.4 is 0 Å². The van der Waals surface area contributed by atoms with Crippen LogP contribution >= 0.6 is 0 Å². The van der Waals surface area contributed by atoms with Crippen molar-refractivity contribution in [3.63, 3.8) is 0 Å². The van der Waals surface area contributed by atoms with Gasteiger partial charge in [0.2, 0.25) is 0 Å². The van der Waals surface area contributed by atoms with E-state index >= 15 is 0 Å². The van der Waals surface area contributed by atoms with Gasteiger partial charge in [0.05, 0.1) is 11.2 Å². The minimum absolute atomic E-state index is 0.0000122. The summed E-state index contributed by atoms with van der Waals surface area (Å²) in [7, 11) is 0. The van der Waals surface area contributed by atoms with Crippen LogP contribution in [0.25, 0.3) is 0 Å². The van der Waals surface area contributed by atoms with E-state index in [9.17, 15) is 0 Å². The largest absolute Gasteiger partial charge is 0.370 e. The fraction of sp³-hybridized carbons (Fsp3) is 0.875. The maximum Gasteiger partial charge on any atom is 0.0633 e. The second-order valence-electron chi connectivity index (χ2n) is 6.89. The van der Waals surface area contributed by atoms with E-state index < -0.39 is 0 Å². The van der Waals surface area contributed by atoms with E-state index in [1.807, 2.05) is 0 Å². The summed E-state index contributed by atoms with van der Waals surface area (Å²) in [5, 5.41) is 0. The summed E-state index contributed by atoms with van der Waals surface area (Å²) in [5.41, 5.74) is -0.0406. The van der Waals surface area contributed by atoms with Crippen LogP contribution in [0.2, 0.25) is 0 Å².